The largest absolute Gasteiger partial charge is 0.329 e. The van der Waals surface area contributed by atoms with Gasteiger partial charge in [-0.05, 0) is 18.6 Å². The van der Waals surface area contributed by atoms with Crippen LogP contribution in [0.5, 0.6) is 0 Å². The first-order chi connectivity index (χ1) is 7.13. The van der Waals surface area contributed by atoms with Crippen molar-refractivity contribution in [3.63, 3.8) is 0 Å². The summed E-state index contributed by atoms with van der Waals surface area (Å²) in [5.41, 5.74) is 1.44. The number of aromatic nitrogens is 2. The fourth-order valence-electron chi connectivity index (χ4n) is 1.44. The van der Waals surface area contributed by atoms with Crippen molar-refractivity contribution in [3.8, 4) is 0 Å². The van der Waals surface area contributed by atoms with Gasteiger partial charge in [-0.3, -0.25) is 0 Å². The molecular weight excluding hydrogens is 212 g/mol. The van der Waals surface area contributed by atoms with Crippen molar-refractivity contribution in [3.05, 3.63) is 24.3 Å². The van der Waals surface area contributed by atoms with Gasteiger partial charge in [0.25, 0.3) is 0 Å². The molecule has 0 radical (unpaired) electrons. The minimum absolute atomic E-state index is 0.0746. The molecule has 0 aliphatic rings. The van der Waals surface area contributed by atoms with E-state index in [9.17, 15) is 8.42 Å². The Morgan fingerprint density at radius 1 is 1.33 bits per heavy atom. The van der Waals surface area contributed by atoms with Crippen LogP contribution in [0.25, 0.3) is 11.0 Å². The van der Waals surface area contributed by atoms with Crippen LogP contribution in [0.1, 0.15) is 13.3 Å². The molecule has 2 rings (SSSR count). The number of para-hydroxylation sites is 2. The number of rotatable bonds is 3. The normalized spacial score (nSPS) is 12.1. The second kappa shape index (κ2) is 3.66. The molecule has 1 heterocycles. The fraction of sp³-hybridized carbons (Fsp3) is 0.300. The maximum atomic E-state index is 11.7. The molecule has 0 amide bonds. The molecule has 0 fully saturated rings. The zero-order valence-electron chi connectivity index (χ0n) is 8.40. The molecule has 0 aliphatic heterocycles. The Hall–Kier alpha value is -1.36. The summed E-state index contributed by atoms with van der Waals surface area (Å²) >= 11 is 0. The number of fused-ring (bicyclic) bond motifs is 1. The highest BCUT2D eigenvalue weighted by Gasteiger charge is 2.17. The molecule has 4 nitrogen and oxygen atoms in total. The topological polar surface area (TPSA) is 62.8 Å². The monoisotopic (exact) mass is 224 g/mol. The number of H-pyrrole nitrogens is 1. The second-order valence-corrected chi connectivity index (χ2v) is 5.40. The summed E-state index contributed by atoms with van der Waals surface area (Å²) in [5, 5.41) is 0.0746. The molecule has 1 aromatic heterocycles. The number of sulfone groups is 1. The van der Waals surface area contributed by atoms with Crippen molar-refractivity contribution in [2.45, 2.75) is 18.5 Å². The predicted molar refractivity (Wildman–Crippen MR) is 58.4 cm³/mol. The van der Waals surface area contributed by atoms with Crippen molar-refractivity contribution in [2.75, 3.05) is 5.75 Å². The van der Waals surface area contributed by atoms with E-state index < -0.39 is 9.84 Å². The van der Waals surface area contributed by atoms with Crippen molar-refractivity contribution >= 4 is 20.9 Å². The average molecular weight is 224 g/mol. The third-order valence-electron chi connectivity index (χ3n) is 2.14. The standard InChI is InChI=1S/C10H12N2O2S/c1-2-7-15(13,14)10-11-8-5-3-4-6-9(8)12-10/h3-6H,2,7H2,1H3,(H,11,12). The van der Waals surface area contributed by atoms with Gasteiger partial charge in [0, 0.05) is 0 Å². The number of nitrogens with one attached hydrogen (secondary N) is 1. The van der Waals surface area contributed by atoms with Gasteiger partial charge < -0.3 is 4.98 Å². The molecule has 15 heavy (non-hydrogen) atoms. The van der Waals surface area contributed by atoms with Gasteiger partial charge in [-0.1, -0.05) is 19.1 Å². The lowest BCUT2D eigenvalue weighted by Gasteiger charge is -1.95. The van der Waals surface area contributed by atoms with Crippen LogP contribution in [0.4, 0.5) is 0 Å². The maximum absolute atomic E-state index is 11.7. The zero-order chi connectivity index (χ0) is 10.9. The van der Waals surface area contributed by atoms with E-state index in [4.69, 9.17) is 0 Å². The van der Waals surface area contributed by atoms with Crippen molar-refractivity contribution in [1.82, 2.24) is 9.97 Å². The predicted octanol–water partition coefficient (Wildman–Crippen LogP) is 1.75. The molecule has 0 bridgehead atoms. The lowest BCUT2D eigenvalue weighted by molar-refractivity contribution is 0.588. The molecule has 80 valence electrons. The summed E-state index contributed by atoms with van der Waals surface area (Å²) < 4.78 is 23.4. The molecule has 0 saturated heterocycles. The minimum atomic E-state index is -3.24. The van der Waals surface area contributed by atoms with Gasteiger partial charge in [0.1, 0.15) is 0 Å². The summed E-state index contributed by atoms with van der Waals surface area (Å²) in [6.45, 7) is 1.83. The molecule has 2 aromatic rings. The summed E-state index contributed by atoms with van der Waals surface area (Å²) in [6, 6.07) is 7.28. The Bertz CT molecular complexity index is 539. The fourth-order valence-corrected chi connectivity index (χ4v) is 2.68. The lowest BCUT2D eigenvalue weighted by atomic mass is 10.3. The molecule has 5 heteroatoms. The van der Waals surface area contributed by atoms with Gasteiger partial charge in [-0.15, -0.1) is 0 Å². The van der Waals surface area contributed by atoms with E-state index in [1.165, 1.54) is 0 Å². The first-order valence-electron chi connectivity index (χ1n) is 4.81. The Morgan fingerprint density at radius 2 is 2.07 bits per heavy atom. The SMILES string of the molecule is CCCS(=O)(=O)c1nc2ccccc2[nH]1. The van der Waals surface area contributed by atoms with E-state index in [0.29, 0.717) is 11.9 Å². The van der Waals surface area contributed by atoms with Crippen LogP contribution in [0.3, 0.4) is 0 Å². The highest BCUT2D eigenvalue weighted by atomic mass is 32.2. The van der Waals surface area contributed by atoms with Crippen LogP contribution in [0, 0.1) is 0 Å². The van der Waals surface area contributed by atoms with Crippen molar-refractivity contribution < 1.29 is 8.42 Å². The third-order valence-corrected chi connectivity index (χ3v) is 3.86. The molecule has 0 aliphatic carbocycles. The van der Waals surface area contributed by atoms with E-state index in [1.54, 1.807) is 6.07 Å². The molecule has 1 N–H and O–H groups in total. The number of hydrogen-bond donors (Lipinski definition) is 1. The highest BCUT2D eigenvalue weighted by Crippen LogP contribution is 2.15. The van der Waals surface area contributed by atoms with E-state index in [2.05, 4.69) is 9.97 Å². The second-order valence-electron chi connectivity index (χ2n) is 3.38. The van der Waals surface area contributed by atoms with Gasteiger partial charge >= 0.3 is 0 Å². The first-order valence-corrected chi connectivity index (χ1v) is 6.46. The van der Waals surface area contributed by atoms with E-state index in [0.717, 1.165) is 5.52 Å². The first kappa shape index (κ1) is 10.2. The Morgan fingerprint density at radius 3 is 2.73 bits per heavy atom. The lowest BCUT2D eigenvalue weighted by Crippen LogP contribution is -2.07. The van der Waals surface area contributed by atoms with Crippen LogP contribution in [0.2, 0.25) is 0 Å². The van der Waals surface area contributed by atoms with Gasteiger partial charge in [0.15, 0.2) is 0 Å². The van der Waals surface area contributed by atoms with Gasteiger partial charge in [-0.2, -0.15) is 0 Å². The van der Waals surface area contributed by atoms with Crippen molar-refractivity contribution in [1.29, 1.82) is 0 Å². The summed E-state index contributed by atoms with van der Waals surface area (Å²) in [7, 11) is -3.24. The summed E-state index contributed by atoms with van der Waals surface area (Å²) in [6.07, 6.45) is 0.597. The van der Waals surface area contributed by atoms with Gasteiger partial charge in [0.2, 0.25) is 15.0 Å². The number of hydrogen-bond acceptors (Lipinski definition) is 3. The Labute approximate surface area is 88.3 Å². The molecule has 1 aromatic carbocycles. The smallest absolute Gasteiger partial charge is 0.226 e. The number of imidazole rings is 1. The minimum Gasteiger partial charge on any atom is -0.329 e. The van der Waals surface area contributed by atoms with E-state index in [-0.39, 0.29) is 10.9 Å². The molecule has 0 spiro atoms. The Balaban J connectivity index is 2.54. The zero-order valence-corrected chi connectivity index (χ0v) is 9.21. The number of benzene rings is 1. The third kappa shape index (κ3) is 1.87. The number of aromatic amines is 1. The Kier molecular flexibility index (Phi) is 2.48. The highest BCUT2D eigenvalue weighted by molar-refractivity contribution is 7.91. The molecule has 0 atom stereocenters. The van der Waals surface area contributed by atoms with Crippen LogP contribution in [-0.2, 0) is 9.84 Å². The molecular formula is C10H12N2O2S. The van der Waals surface area contributed by atoms with Crippen LogP contribution >= 0.6 is 0 Å². The summed E-state index contributed by atoms with van der Waals surface area (Å²) in [4.78, 5) is 6.88. The number of nitrogens with zero attached hydrogens (tertiary/aromatic N) is 1. The molecule has 0 unspecified atom stereocenters. The van der Waals surface area contributed by atoms with Crippen LogP contribution < -0.4 is 0 Å². The van der Waals surface area contributed by atoms with E-state index >= 15 is 0 Å². The van der Waals surface area contributed by atoms with Crippen molar-refractivity contribution in [2.24, 2.45) is 0 Å². The van der Waals surface area contributed by atoms with E-state index in [1.807, 2.05) is 25.1 Å². The van der Waals surface area contributed by atoms with Gasteiger partial charge in [0.05, 0.1) is 16.8 Å². The quantitative estimate of drug-likeness (QED) is 0.863. The maximum Gasteiger partial charge on any atom is 0.226 e. The molecule has 0 saturated carbocycles. The average Bonchev–Trinajstić information content (AvgIpc) is 2.61. The van der Waals surface area contributed by atoms with Crippen LogP contribution in [0.15, 0.2) is 29.4 Å². The van der Waals surface area contributed by atoms with Gasteiger partial charge in [-0.25, -0.2) is 13.4 Å². The van der Waals surface area contributed by atoms with Crippen LogP contribution in [-0.4, -0.2) is 24.1 Å². The summed E-state index contributed by atoms with van der Waals surface area (Å²) in [5.74, 6) is 0.132.